The Kier molecular flexibility index (Phi) is 4.79. The molecule has 0 aliphatic carbocycles. The quantitative estimate of drug-likeness (QED) is 0.734. The highest BCUT2D eigenvalue weighted by Crippen LogP contribution is 2.43. The molecule has 0 saturated carbocycles. The van der Waals surface area contributed by atoms with E-state index in [9.17, 15) is 9.36 Å². The van der Waals surface area contributed by atoms with E-state index in [0.29, 0.717) is 6.42 Å². The van der Waals surface area contributed by atoms with Gasteiger partial charge in [-0.1, -0.05) is 6.92 Å². The Hall–Kier alpha value is -0.340. The van der Waals surface area contributed by atoms with Crippen LogP contribution in [0, 0.1) is 5.41 Å². The number of carbonyl (C=O) groups is 1. The molecular weight excluding hydrogens is 239 g/mol. The van der Waals surface area contributed by atoms with E-state index in [1.54, 1.807) is 20.8 Å². The Morgan fingerprint density at radius 1 is 1.47 bits per heavy atom. The van der Waals surface area contributed by atoms with E-state index in [4.69, 9.17) is 9.26 Å². The molecule has 1 aliphatic rings. The monoisotopic (exact) mass is 262 g/mol. The molecule has 0 bridgehead atoms. The molecule has 0 aromatic carbocycles. The molecule has 0 amide bonds. The van der Waals surface area contributed by atoms with Gasteiger partial charge in [-0.3, -0.25) is 9.36 Å². The summed E-state index contributed by atoms with van der Waals surface area (Å²) in [6.45, 7) is 9.24. The average Bonchev–Trinajstić information content (AvgIpc) is 2.58. The highest BCUT2D eigenvalue weighted by atomic mass is 31.1. The fourth-order valence-electron chi connectivity index (χ4n) is 1.91. The van der Waals surface area contributed by atoms with Crippen LogP contribution in [0.3, 0.4) is 0 Å². The lowest BCUT2D eigenvalue weighted by Crippen LogP contribution is -2.24. The maximum absolute atomic E-state index is 12.1. The van der Waals surface area contributed by atoms with Gasteiger partial charge in [-0.05, 0) is 40.5 Å². The number of hydrogen-bond acceptors (Lipinski definition) is 4. The van der Waals surface area contributed by atoms with Gasteiger partial charge in [-0.2, -0.15) is 0 Å². The summed E-state index contributed by atoms with van der Waals surface area (Å²) in [6, 6.07) is 0. The van der Waals surface area contributed by atoms with Crippen LogP contribution in [0.1, 0.15) is 47.5 Å². The first-order chi connectivity index (χ1) is 7.75. The van der Waals surface area contributed by atoms with Crippen molar-refractivity contribution in [2.24, 2.45) is 5.41 Å². The van der Waals surface area contributed by atoms with E-state index in [-0.39, 0.29) is 17.9 Å². The van der Waals surface area contributed by atoms with Gasteiger partial charge in [0.2, 0.25) is 8.03 Å². The van der Waals surface area contributed by atoms with Crippen molar-refractivity contribution in [1.29, 1.82) is 0 Å². The van der Waals surface area contributed by atoms with Crippen molar-refractivity contribution in [2.45, 2.75) is 65.3 Å². The largest absolute Gasteiger partial charge is 0.413 e. The van der Waals surface area contributed by atoms with E-state index >= 15 is 0 Å². The molecule has 1 aliphatic heterocycles. The van der Waals surface area contributed by atoms with Gasteiger partial charge >= 0.3 is 5.97 Å². The van der Waals surface area contributed by atoms with Gasteiger partial charge < -0.3 is 9.26 Å². The van der Waals surface area contributed by atoms with Gasteiger partial charge in [0.1, 0.15) is 0 Å². The van der Waals surface area contributed by atoms with Gasteiger partial charge in [0.25, 0.3) is 0 Å². The van der Waals surface area contributed by atoms with Crippen molar-refractivity contribution in [3.05, 3.63) is 0 Å². The third-order valence-corrected chi connectivity index (χ3v) is 4.55. The summed E-state index contributed by atoms with van der Waals surface area (Å²) in [5.74, 6) is -0.393. The summed E-state index contributed by atoms with van der Waals surface area (Å²) in [5.41, 5.74) is -0.723. The van der Waals surface area contributed by atoms with Crippen molar-refractivity contribution < 1.29 is 18.6 Å². The van der Waals surface area contributed by atoms with Crippen LogP contribution in [-0.4, -0.2) is 23.8 Å². The van der Waals surface area contributed by atoms with Gasteiger partial charge in [0.05, 0.1) is 23.3 Å². The highest BCUT2D eigenvalue weighted by Gasteiger charge is 2.38. The fraction of sp³-hybridized carbons (Fsp3) is 0.917. The lowest BCUT2D eigenvalue weighted by Gasteiger charge is -2.20. The summed E-state index contributed by atoms with van der Waals surface area (Å²) >= 11 is 0. The predicted octanol–water partition coefficient (Wildman–Crippen LogP) is 3.01. The molecule has 1 fully saturated rings. The standard InChI is InChI=1S/C12H23O4P/c1-6-9-10(7-8(2)15-9)17(14)16-11(13)12(3,4)5/h8-10,17H,6-7H2,1-5H3/t8-,9+,10?/m0/s1. The molecular formula is C12H23O4P. The van der Waals surface area contributed by atoms with Gasteiger partial charge in [0.15, 0.2) is 0 Å². The zero-order chi connectivity index (χ0) is 13.2. The summed E-state index contributed by atoms with van der Waals surface area (Å²) in [7, 11) is -2.37. The Bertz CT molecular complexity index is 308. The minimum atomic E-state index is -2.37. The predicted molar refractivity (Wildman–Crippen MR) is 67.6 cm³/mol. The maximum atomic E-state index is 12.1. The smallest absolute Gasteiger partial charge is 0.316 e. The van der Waals surface area contributed by atoms with Crippen LogP contribution in [0.4, 0.5) is 0 Å². The van der Waals surface area contributed by atoms with Crippen LogP contribution in [0.15, 0.2) is 0 Å². The SMILES string of the molecule is CC[C@H]1O[C@@H](C)CC1[PH](=O)OC(=O)C(C)(C)C. The lowest BCUT2D eigenvalue weighted by atomic mass is 9.98. The summed E-state index contributed by atoms with van der Waals surface area (Å²) in [4.78, 5) is 11.7. The van der Waals surface area contributed by atoms with Crippen LogP contribution in [0.5, 0.6) is 0 Å². The van der Waals surface area contributed by atoms with Gasteiger partial charge in [-0.15, -0.1) is 0 Å². The lowest BCUT2D eigenvalue weighted by molar-refractivity contribution is -0.142. The molecule has 0 aromatic heterocycles. The van der Waals surface area contributed by atoms with Crippen LogP contribution >= 0.6 is 8.03 Å². The molecule has 0 spiro atoms. The van der Waals surface area contributed by atoms with Crippen molar-refractivity contribution in [1.82, 2.24) is 0 Å². The molecule has 4 atom stereocenters. The second-order valence-electron chi connectivity index (χ2n) is 5.69. The van der Waals surface area contributed by atoms with Gasteiger partial charge in [-0.25, -0.2) is 0 Å². The number of carbonyl (C=O) groups excluding carboxylic acids is 1. The molecule has 0 aromatic rings. The number of hydrogen-bond donors (Lipinski definition) is 0. The second-order valence-corrected chi connectivity index (χ2v) is 7.28. The van der Waals surface area contributed by atoms with Gasteiger partial charge in [0, 0.05) is 0 Å². The first-order valence-electron chi connectivity index (χ1n) is 6.17. The Balaban J connectivity index is 2.62. The Morgan fingerprint density at radius 3 is 2.53 bits per heavy atom. The van der Waals surface area contributed by atoms with E-state index < -0.39 is 19.4 Å². The first kappa shape index (κ1) is 14.7. The van der Waals surface area contributed by atoms with Crippen molar-refractivity contribution in [3.8, 4) is 0 Å². The Morgan fingerprint density at radius 2 is 2.06 bits per heavy atom. The van der Waals surface area contributed by atoms with E-state index in [1.807, 2.05) is 13.8 Å². The molecule has 17 heavy (non-hydrogen) atoms. The fourth-order valence-corrected chi connectivity index (χ4v) is 3.69. The molecule has 4 nitrogen and oxygen atoms in total. The van der Waals surface area contributed by atoms with Crippen molar-refractivity contribution in [3.63, 3.8) is 0 Å². The third kappa shape index (κ3) is 3.82. The third-order valence-electron chi connectivity index (χ3n) is 2.95. The van der Waals surface area contributed by atoms with E-state index in [2.05, 4.69) is 0 Å². The molecule has 100 valence electrons. The Labute approximate surface area is 104 Å². The number of ether oxygens (including phenoxy) is 1. The minimum Gasteiger partial charge on any atom is -0.413 e. The molecule has 0 N–H and O–H groups in total. The van der Waals surface area contributed by atoms with Crippen LogP contribution < -0.4 is 0 Å². The molecule has 5 heteroatoms. The second kappa shape index (κ2) is 5.53. The average molecular weight is 262 g/mol. The minimum absolute atomic E-state index is 0.0378. The van der Waals surface area contributed by atoms with Crippen LogP contribution in [0.2, 0.25) is 0 Å². The molecule has 0 radical (unpaired) electrons. The number of rotatable bonds is 3. The normalized spacial score (nSPS) is 31.2. The van der Waals surface area contributed by atoms with E-state index in [1.165, 1.54) is 0 Å². The highest BCUT2D eigenvalue weighted by molar-refractivity contribution is 7.40. The zero-order valence-electron chi connectivity index (χ0n) is 11.3. The topological polar surface area (TPSA) is 52.6 Å². The molecule has 2 unspecified atom stereocenters. The summed E-state index contributed by atoms with van der Waals surface area (Å²) in [6.07, 6.45) is 1.59. The van der Waals surface area contributed by atoms with Crippen LogP contribution in [-0.2, 0) is 18.6 Å². The van der Waals surface area contributed by atoms with Crippen molar-refractivity contribution in [2.75, 3.05) is 0 Å². The maximum Gasteiger partial charge on any atom is 0.316 e. The first-order valence-corrected chi connectivity index (χ1v) is 7.56. The summed E-state index contributed by atoms with van der Waals surface area (Å²) in [5, 5.41) is 0. The van der Waals surface area contributed by atoms with Crippen molar-refractivity contribution >= 4 is 14.0 Å². The molecule has 1 heterocycles. The van der Waals surface area contributed by atoms with Crippen LogP contribution in [0.25, 0.3) is 0 Å². The molecule has 1 saturated heterocycles. The zero-order valence-corrected chi connectivity index (χ0v) is 12.3. The van der Waals surface area contributed by atoms with E-state index in [0.717, 1.165) is 6.42 Å². The molecule has 1 rings (SSSR count). The summed E-state index contributed by atoms with van der Waals surface area (Å²) < 4.78 is 22.8.